The van der Waals surface area contributed by atoms with Gasteiger partial charge < -0.3 is 19.7 Å². The van der Waals surface area contributed by atoms with Crippen molar-refractivity contribution in [2.45, 2.75) is 82.6 Å². The Morgan fingerprint density at radius 1 is 1.05 bits per heavy atom. The van der Waals surface area contributed by atoms with Gasteiger partial charge in [0.15, 0.2) is 0 Å². The molecule has 8 nitrogen and oxygen atoms in total. The number of hydrogen-bond acceptors (Lipinski definition) is 6. The Balaban J connectivity index is 1.37. The Hall–Kier alpha value is -1.68. The summed E-state index contributed by atoms with van der Waals surface area (Å²) in [7, 11) is 1.65. The number of nitrogens with one attached hydrogen (secondary N) is 1. The Morgan fingerprint density at radius 2 is 1.74 bits per heavy atom. The van der Waals surface area contributed by atoms with Crippen molar-refractivity contribution in [2.75, 3.05) is 54.1 Å². The molecule has 2 fully saturated rings. The van der Waals surface area contributed by atoms with Gasteiger partial charge in [-0.15, -0.1) is 0 Å². The number of likely N-dealkylation sites (tertiary alicyclic amines) is 1. The van der Waals surface area contributed by atoms with Crippen molar-refractivity contribution < 1.29 is 22.7 Å². The Kier molecular flexibility index (Phi) is 11.9. The van der Waals surface area contributed by atoms with Crippen LogP contribution in [0.15, 0.2) is 17.0 Å². The summed E-state index contributed by atoms with van der Waals surface area (Å²) in [6.07, 6.45) is 11.1. The lowest BCUT2D eigenvalue weighted by Crippen LogP contribution is -2.40. The summed E-state index contributed by atoms with van der Waals surface area (Å²) >= 11 is 0. The Labute approximate surface area is 230 Å². The van der Waals surface area contributed by atoms with Crippen LogP contribution in [-0.2, 0) is 19.6 Å². The van der Waals surface area contributed by atoms with Gasteiger partial charge in [-0.1, -0.05) is 25.7 Å². The summed E-state index contributed by atoms with van der Waals surface area (Å²) in [6.45, 7) is 6.25. The topological polar surface area (TPSA) is 88.2 Å². The first-order valence-corrected chi connectivity index (χ1v) is 15.7. The highest BCUT2D eigenvalue weighted by atomic mass is 32.2. The van der Waals surface area contributed by atoms with Crippen LogP contribution in [0.4, 0.5) is 0 Å². The second-order valence-corrected chi connectivity index (χ2v) is 13.4. The second-order valence-electron chi connectivity index (χ2n) is 11.4. The van der Waals surface area contributed by atoms with Crippen molar-refractivity contribution >= 4 is 15.9 Å². The normalized spacial score (nSPS) is 23.3. The molecule has 9 heteroatoms. The molecule has 38 heavy (non-hydrogen) atoms. The second kappa shape index (κ2) is 14.6. The van der Waals surface area contributed by atoms with E-state index in [0.717, 1.165) is 25.2 Å². The molecule has 216 valence electrons. The van der Waals surface area contributed by atoms with Crippen LogP contribution in [0.25, 0.3) is 0 Å². The smallest absolute Gasteiger partial charge is 0.246 e. The number of rotatable bonds is 12. The van der Waals surface area contributed by atoms with Crippen molar-refractivity contribution in [1.29, 1.82) is 0 Å². The minimum Gasteiger partial charge on any atom is -0.497 e. The number of sulfonamides is 1. The van der Waals surface area contributed by atoms with Crippen molar-refractivity contribution in [3.05, 3.63) is 23.3 Å². The minimum atomic E-state index is -3.68. The molecule has 1 amide bonds. The summed E-state index contributed by atoms with van der Waals surface area (Å²) in [5.74, 6) is 2.06. The number of benzene rings is 1. The zero-order valence-corrected chi connectivity index (χ0v) is 24.9. The summed E-state index contributed by atoms with van der Waals surface area (Å²) < 4.78 is 38.4. The van der Waals surface area contributed by atoms with Gasteiger partial charge in [0, 0.05) is 19.6 Å². The Bertz CT molecular complexity index is 992. The van der Waals surface area contributed by atoms with Gasteiger partial charge in [0.2, 0.25) is 15.9 Å². The molecule has 0 radical (unpaired) electrons. The van der Waals surface area contributed by atoms with Crippen LogP contribution in [0, 0.1) is 25.7 Å². The number of methoxy groups -OCH3 is 1. The molecule has 3 rings (SSSR count). The first kappa shape index (κ1) is 30.9. The monoisotopic (exact) mass is 551 g/mol. The van der Waals surface area contributed by atoms with E-state index in [1.165, 1.54) is 63.0 Å². The quantitative estimate of drug-likeness (QED) is 0.393. The van der Waals surface area contributed by atoms with Gasteiger partial charge in [0.25, 0.3) is 0 Å². The number of amides is 1. The summed E-state index contributed by atoms with van der Waals surface area (Å²) in [5.41, 5.74) is 1.28. The van der Waals surface area contributed by atoms with Crippen molar-refractivity contribution in [1.82, 2.24) is 14.5 Å². The third-order valence-corrected chi connectivity index (χ3v) is 10.5. The zero-order valence-electron chi connectivity index (χ0n) is 24.1. The SMILES string of the molecule is COc1cc(C)c(S(=O)(=O)N(C)CCOCC(=O)NC2CCC[C@H](CCC3CCCN(C)CC3)C2)c(C)c1. The van der Waals surface area contributed by atoms with Crippen molar-refractivity contribution in [3.63, 3.8) is 0 Å². The Morgan fingerprint density at radius 3 is 2.45 bits per heavy atom. The molecule has 1 saturated carbocycles. The van der Waals surface area contributed by atoms with Crippen LogP contribution < -0.4 is 10.1 Å². The lowest BCUT2D eigenvalue weighted by molar-refractivity contribution is -0.126. The van der Waals surface area contributed by atoms with E-state index in [1.54, 1.807) is 33.1 Å². The molecule has 0 spiro atoms. The molecular formula is C29H49N3O5S. The lowest BCUT2D eigenvalue weighted by atomic mass is 9.80. The highest BCUT2D eigenvalue weighted by molar-refractivity contribution is 7.89. The molecule has 2 aliphatic rings. The molecule has 1 aliphatic heterocycles. The number of hydrogen-bond donors (Lipinski definition) is 1. The summed E-state index contributed by atoms with van der Waals surface area (Å²) in [5, 5.41) is 3.16. The van der Waals surface area contributed by atoms with E-state index in [0.29, 0.717) is 22.8 Å². The number of likely N-dealkylation sites (N-methyl/N-ethyl adjacent to an activating group) is 1. The first-order chi connectivity index (χ1) is 18.1. The fourth-order valence-electron chi connectivity index (χ4n) is 6.09. The first-order valence-electron chi connectivity index (χ1n) is 14.3. The molecule has 1 aromatic rings. The molecular weight excluding hydrogens is 502 g/mol. The van der Waals surface area contributed by atoms with E-state index in [2.05, 4.69) is 17.3 Å². The number of nitrogens with zero attached hydrogens (tertiary/aromatic N) is 2. The molecule has 2 unspecified atom stereocenters. The molecule has 1 saturated heterocycles. The van der Waals surface area contributed by atoms with Gasteiger partial charge in [-0.2, -0.15) is 4.31 Å². The molecule has 0 aromatic heterocycles. The largest absolute Gasteiger partial charge is 0.497 e. The van der Waals surface area contributed by atoms with Crippen molar-refractivity contribution in [2.24, 2.45) is 11.8 Å². The zero-order chi connectivity index (χ0) is 27.7. The van der Waals surface area contributed by atoms with E-state index < -0.39 is 10.0 Å². The van der Waals surface area contributed by atoms with Crippen LogP contribution in [0.3, 0.4) is 0 Å². The molecule has 1 heterocycles. The maximum absolute atomic E-state index is 13.1. The minimum absolute atomic E-state index is 0.0504. The standard InChI is InChI=1S/C29H49N3O5S/c1-22-18-27(36-5)19-23(2)29(22)38(34,35)32(4)16-17-37-21-28(33)30-26-10-6-8-25(20-26)12-11-24-9-7-14-31(3)15-13-24/h18-19,24-26H,6-17,20-21H2,1-5H3,(H,30,33)/t24?,25-,26?/m1/s1. The van der Waals surface area contributed by atoms with Gasteiger partial charge in [-0.3, -0.25) is 4.79 Å². The van der Waals surface area contributed by atoms with E-state index in [9.17, 15) is 13.2 Å². The van der Waals surface area contributed by atoms with E-state index in [4.69, 9.17) is 9.47 Å². The predicted octanol–water partition coefficient (Wildman–Crippen LogP) is 4.14. The average molecular weight is 552 g/mol. The van der Waals surface area contributed by atoms with Gasteiger partial charge in [-0.05, 0) is 101 Å². The summed E-state index contributed by atoms with van der Waals surface area (Å²) in [6, 6.07) is 3.66. The fourth-order valence-corrected chi connectivity index (χ4v) is 7.65. The van der Waals surface area contributed by atoms with Crippen LogP contribution in [0.5, 0.6) is 5.75 Å². The van der Waals surface area contributed by atoms with Crippen LogP contribution in [0.1, 0.15) is 68.9 Å². The molecule has 1 aliphatic carbocycles. The molecule has 1 N–H and O–H groups in total. The summed E-state index contributed by atoms with van der Waals surface area (Å²) in [4.78, 5) is 15.3. The van der Waals surface area contributed by atoms with E-state index >= 15 is 0 Å². The average Bonchev–Trinajstić information content (AvgIpc) is 3.08. The number of aryl methyl sites for hydroxylation is 2. The number of ether oxygens (including phenoxy) is 2. The third-order valence-electron chi connectivity index (χ3n) is 8.32. The fraction of sp³-hybridized carbons (Fsp3) is 0.759. The highest BCUT2D eigenvalue weighted by Crippen LogP contribution is 2.32. The van der Waals surface area contributed by atoms with Gasteiger partial charge >= 0.3 is 0 Å². The van der Waals surface area contributed by atoms with Gasteiger partial charge in [-0.25, -0.2) is 8.42 Å². The van der Waals surface area contributed by atoms with Crippen LogP contribution in [-0.4, -0.2) is 83.6 Å². The molecule has 1 aromatic carbocycles. The van der Waals surface area contributed by atoms with Crippen LogP contribution in [0.2, 0.25) is 0 Å². The van der Waals surface area contributed by atoms with Gasteiger partial charge in [0.05, 0.1) is 18.6 Å². The molecule has 0 bridgehead atoms. The predicted molar refractivity (Wildman–Crippen MR) is 151 cm³/mol. The highest BCUT2D eigenvalue weighted by Gasteiger charge is 2.26. The lowest BCUT2D eigenvalue weighted by Gasteiger charge is -2.30. The molecule has 3 atom stereocenters. The van der Waals surface area contributed by atoms with E-state index in [-0.39, 0.29) is 36.6 Å². The number of carbonyl (C=O) groups is 1. The maximum Gasteiger partial charge on any atom is 0.246 e. The third kappa shape index (κ3) is 8.93. The van der Waals surface area contributed by atoms with Crippen molar-refractivity contribution in [3.8, 4) is 5.75 Å². The maximum atomic E-state index is 13.1. The van der Waals surface area contributed by atoms with Gasteiger partial charge in [0.1, 0.15) is 12.4 Å². The van der Waals surface area contributed by atoms with E-state index in [1.807, 2.05) is 0 Å². The number of carbonyl (C=O) groups excluding carboxylic acids is 1. The van der Waals surface area contributed by atoms with Crippen LogP contribution >= 0.6 is 0 Å².